The van der Waals surface area contributed by atoms with Crippen molar-refractivity contribution in [3.05, 3.63) is 35.4 Å². The SMILES string of the molecule is CS(=O)(=O)NC1CCCN(Cc2ccc(F)cc2F)C1. The lowest BCUT2D eigenvalue weighted by Crippen LogP contribution is -2.47. The maximum atomic E-state index is 13.6. The van der Waals surface area contributed by atoms with Gasteiger partial charge in [0.2, 0.25) is 10.0 Å². The minimum absolute atomic E-state index is 0.151. The molecule has 4 nitrogen and oxygen atoms in total. The van der Waals surface area contributed by atoms with E-state index in [2.05, 4.69) is 4.72 Å². The quantitative estimate of drug-likeness (QED) is 0.916. The Labute approximate surface area is 117 Å². The first-order valence-corrected chi connectivity index (χ1v) is 8.36. The Bertz CT molecular complexity index is 578. The van der Waals surface area contributed by atoms with Crippen LogP contribution in [0.3, 0.4) is 0 Å². The summed E-state index contributed by atoms with van der Waals surface area (Å²) in [5.41, 5.74) is 0.423. The summed E-state index contributed by atoms with van der Waals surface area (Å²) in [6.07, 6.45) is 2.75. The second kappa shape index (κ2) is 6.15. The predicted octanol–water partition coefficient (Wildman–Crippen LogP) is 1.48. The predicted molar refractivity (Wildman–Crippen MR) is 72.6 cm³/mol. The first-order valence-electron chi connectivity index (χ1n) is 6.47. The van der Waals surface area contributed by atoms with Gasteiger partial charge in [-0.05, 0) is 25.5 Å². The molecule has 1 saturated heterocycles. The minimum Gasteiger partial charge on any atom is -0.297 e. The average Bonchev–Trinajstić information content (AvgIpc) is 2.31. The molecule has 20 heavy (non-hydrogen) atoms. The lowest BCUT2D eigenvalue weighted by Gasteiger charge is -2.32. The van der Waals surface area contributed by atoms with Gasteiger partial charge in [-0.3, -0.25) is 4.90 Å². The smallest absolute Gasteiger partial charge is 0.208 e. The molecule has 0 aliphatic carbocycles. The van der Waals surface area contributed by atoms with Crippen molar-refractivity contribution < 1.29 is 17.2 Å². The fourth-order valence-electron chi connectivity index (χ4n) is 2.49. The van der Waals surface area contributed by atoms with E-state index >= 15 is 0 Å². The van der Waals surface area contributed by atoms with Gasteiger partial charge in [-0.15, -0.1) is 0 Å². The number of likely N-dealkylation sites (tertiary alicyclic amines) is 1. The van der Waals surface area contributed by atoms with Crippen molar-refractivity contribution in [3.63, 3.8) is 0 Å². The van der Waals surface area contributed by atoms with E-state index in [1.807, 2.05) is 4.90 Å². The highest BCUT2D eigenvalue weighted by atomic mass is 32.2. The van der Waals surface area contributed by atoms with Crippen molar-refractivity contribution in [1.82, 2.24) is 9.62 Å². The zero-order chi connectivity index (χ0) is 14.8. The second-order valence-electron chi connectivity index (χ2n) is 5.20. The first kappa shape index (κ1) is 15.3. The van der Waals surface area contributed by atoms with Crippen molar-refractivity contribution in [2.24, 2.45) is 0 Å². The van der Waals surface area contributed by atoms with Gasteiger partial charge >= 0.3 is 0 Å². The normalized spacial score (nSPS) is 21.1. The minimum atomic E-state index is -3.23. The molecule has 1 fully saturated rings. The van der Waals surface area contributed by atoms with Crippen LogP contribution in [0, 0.1) is 11.6 Å². The summed E-state index contributed by atoms with van der Waals surface area (Å²) in [6.45, 7) is 1.66. The summed E-state index contributed by atoms with van der Waals surface area (Å²) >= 11 is 0. The van der Waals surface area contributed by atoms with Gasteiger partial charge in [0.15, 0.2) is 0 Å². The molecular formula is C13H18F2N2O2S. The van der Waals surface area contributed by atoms with E-state index in [0.717, 1.165) is 31.7 Å². The summed E-state index contributed by atoms with van der Waals surface area (Å²) in [7, 11) is -3.23. The Kier molecular flexibility index (Phi) is 4.72. The second-order valence-corrected chi connectivity index (χ2v) is 6.98. The van der Waals surface area contributed by atoms with Crippen LogP contribution in [0.2, 0.25) is 0 Å². The standard InChI is InChI=1S/C13H18F2N2O2S/c1-20(18,19)16-12-3-2-6-17(9-12)8-10-4-5-11(14)7-13(10)15/h4-5,7,12,16H,2-3,6,8-9H2,1H3. The molecule has 1 aromatic rings. The van der Waals surface area contributed by atoms with Crippen LogP contribution in [0.5, 0.6) is 0 Å². The average molecular weight is 304 g/mol. The third-order valence-electron chi connectivity index (χ3n) is 3.30. The molecule has 0 radical (unpaired) electrons. The monoisotopic (exact) mass is 304 g/mol. The summed E-state index contributed by atoms with van der Waals surface area (Å²) < 4.78 is 51.5. The van der Waals surface area contributed by atoms with Crippen molar-refractivity contribution >= 4 is 10.0 Å². The number of nitrogens with zero attached hydrogens (tertiary/aromatic N) is 1. The van der Waals surface area contributed by atoms with Gasteiger partial charge in [0, 0.05) is 30.8 Å². The Morgan fingerprint density at radius 1 is 1.40 bits per heavy atom. The Morgan fingerprint density at radius 2 is 2.15 bits per heavy atom. The van der Waals surface area contributed by atoms with E-state index in [-0.39, 0.29) is 6.04 Å². The lowest BCUT2D eigenvalue weighted by atomic mass is 10.1. The van der Waals surface area contributed by atoms with Crippen LogP contribution in [-0.2, 0) is 16.6 Å². The molecule has 1 unspecified atom stereocenters. The molecular weight excluding hydrogens is 286 g/mol. The molecule has 1 aliphatic rings. The third kappa shape index (κ3) is 4.50. The highest BCUT2D eigenvalue weighted by Gasteiger charge is 2.23. The number of benzene rings is 1. The van der Waals surface area contributed by atoms with E-state index in [0.29, 0.717) is 18.7 Å². The molecule has 1 heterocycles. The van der Waals surface area contributed by atoms with Gasteiger partial charge in [-0.1, -0.05) is 6.07 Å². The van der Waals surface area contributed by atoms with Crippen molar-refractivity contribution in [2.75, 3.05) is 19.3 Å². The maximum absolute atomic E-state index is 13.6. The fraction of sp³-hybridized carbons (Fsp3) is 0.538. The molecule has 1 aliphatic heterocycles. The van der Waals surface area contributed by atoms with Crippen LogP contribution in [0.4, 0.5) is 8.78 Å². The Balaban J connectivity index is 1.99. The number of nitrogens with one attached hydrogen (secondary N) is 1. The molecule has 112 valence electrons. The largest absolute Gasteiger partial charge is 0.297 e. The van der Waals surface area contributed by atoms with Crippen LogP contribution < -0.4 is 4.72 Å². The Morgan fingerprint density at radius 3 is 2.80 bits per heavy atom. The summed E-state index contributed by atoms with van der Waals surface area (Å²) in [5, 5.41) is 0. The van der Waals surface area contributed by atoms with Gasteiger partial charge in [0.25, 0.3) is 0 Å². The molecule has 1 atom stereocenters. The molecule has 0 saturated carbocycles. The highest BCUT2D eigenvalue weighted by molar-refractivity contribution is 7.88. The van der Waals surface area contributed by atoms with E-state index in [9.17, 15) is 17.2 Å². The van der Waals surface area contributed by atoms with E-state index < -0.39 is 21.7 Å². The fourth-order valence-corrected chi connectivity index (χ4v) is 3.29. The molecule has 2 rings (SSSR count). The topological polar surface area (TPSA) is 49.4 Å². The lowest BCUT2D eigenvalue weighted by molar-refractivity contribution is 0.192. The van der Waals surface area contributed by atoms with E-state index in [4.69, 9.17) is 0 Å². The number of piperidine rings is 1. The number of hydrogen-bond acceptors (Lipinski definition) is 3. The summed E-state index contributed by atoms with van der Waals surface area (Å²) in [5.74, 6) is -1.16. The Hall–Kier alpha value is -1.05. The third-order valence-corrected chi connectivity index (χ3v) is 4.06. The summed E-state index contributed by atoms with van der Waals surface area (Å²) in [6, 6.07) is 3.38. The zero-order valence-corrected chi connectivity index (χ0v) is 12.1. The van der Waals surface area contributed by atoms with Gasteiger partial charge in [0.1, 0.15) is 11.6 Å². The van der Waals surface area contributed by atoms with Gasteiger partial charge in [-0.25, -0.2) is 21.9 Å². The van der Waals surface area contributed by atoms with Crippen LogP contribution in [0.1, 0.15) is 18.4 Å². The number of halogens is 2. The van der Waals surface area contributed by atoms with Gasteiger partial charge in [-0.2, -0.15) is 0 Å². The maximum Gasteiger partial charge on any atom is 0.208 e. The number of hydrogen-bond donors (Lipinski definition) is 1. The van der Waals surface area contributed by atoms with Crippen LogP contribution in [0.25, 0.3) is 0 Å². The molecule has 1 aromatic carbocycles. The van der Waals surface area contributed by atoms with Crippen molar-refractivity contribution in [2.45, 2.75) is 25.4 Å². The molecule has 0 aromatic heterocycles. The summed E-state index contributed by atoms with van der Waals surface area (Å²) in [4.78, 5) is 1.97. The number of sulfonamides is 1. The molecule has 0 spiro atoms. The van der Waals surface area contributed by atoms with E-state index in [1.165, 1.54) is 12.1 Å². The molecule has 0 bridgehead atoms. The molecule has 1 N–H and O–H groups in total. The van der Waals surface area contributed by atoms with Crippen molar-refractivity contribution in [1.29, 1.82) is 0 Å². The zero-order valence-electron chi connectivity index (χ0n) is 11.3. The molecule has 7 heteroatoms. The van der Waals surface area contributed by atoms with Crippen LogP contribution in [-0.4, -0.2) is 38.7 Å². The van der Waals surface area contributed by atoms with Crippen molar-refractivity contribution in [3.8, 4) is 0 Å². The van der Waals surface area contributed by atoms with Crippen LogP contribution >= 0.6 is 0 Å². The van der Waals surface area contributed by atoms with E-state index in [1.54, 1.807) is 0 Å². The van der Waals surface area contributed by atoms with Gasteiger partial charge < -0.3 is 0 Å². The van der Waals surface area contributed by atoms with Gasteiger partial charge in [0.05, 0.1) is 6.26 Å². The number of rotatable bonds is 4. The highest BCUT2D eigenvalue weighted by Crippen LogP contribution is 2.17. The van der Waals surface area contributed by atoms with Crippen LogP contribution in [0.15, 0.2) is 18.2 Å². The molecule has 0 amide bonds. The first-order chi connectivity index (χ1) is 9.33.